The molecular weight excluding hydrogens is 244 g/mol. The second-order valence-corrected chi connectivity index (χ2v) is 4.09. The molecule has 0 fully saturated rings. The second-order valence-electron chi connectivity index (χ2n) is 4.09. The minimum absolute atomic E-state index is 0.155. The lowest BCUT2D eigenvalue weighted by Crippen LogP contribution is -2.13. The normalized spacial score (nSPS) is 10.0. The molecule has 0 atom stereocenters. The van der Waals surface area contributed by atoms with Gasteiger partial charge in [0.2, 0.25) is 5.91 Å². The lowest BCUT2D eigenvalue weighted by molar-refractivity contribution is -0.114. The molecular formula is C14H14N2O3. The van der Waals surface area contributed by atoms with Crippen molar-refractivity contribution in [2.45, 2.75) is 13.8 Å². The Bertz CT molecular complexity index is 603. The van der Waals surface area contributed by atoms with Crippen LogP contribution in [0.25, 0.3) is 0 Å². The van der Waals surface area contributed by atoms with Crippen LogP contribution in [-0.4, -0.2) is 11.8 Å². The summed E-state index contributed by atoms with van der Waals surface area (Å²) in [6, 6.07) is 8.54. The summed E-state index contributed by atoms with van der Waals surface area (Å²) in [4.78, 5) is 22.9. The molecule has 0 radical (unpaired) electrons. The summed E-state index contributed by atoms with van der Waals surface area (Å²) in [7, 11) is 0. The van der Waals surface area contributed by atoms with E-state index in [0.717, 1.165) is 5.56 Å². The number of furan rings is 1. The number of carbonyl (C=O) groups is 2. The van der Waals surface area contributed by atoms with Gasteiger partial charge < -0.3 is 15.1 Å². The molecule has 0 saturated heterocycles. The summed E-state index contributed by atoms with van der Waals surface area (Å²) in [5, 5.41) is 5.45. The monoisotopic (exact) mass is 258 g/mol. The van der Waals surface area contributed by atoms with Crippen molar-refractivity contribution in [3.05, 3.63) is 47.9 Å². The quantitative estimate of drug-likeness (QED) is 0.889. The highest BCUT2D eigenvalue weighted by Gasteiger charge is 2.11. The molecule has 2 amide bonds. The Hall–Kier alpha value is -2.56. The van der Waals surface area contributed by atoms with Gasteiger partial charge in [-0.05, 0) is 36.8 Å². The van der Waals surface area contributed by atoms with Gasteiger partial charge in [-0.25, -0.2) is 0 Å². The van der Waals surface area contributed by atoms with Crippen LogP contribution in [0.4, 0.5) is 11.4 Å². The van der Waals surface area contributed by atoms with Crippen LogP contribution in [0.15, 0.2) is 41.0 Å². The van der Waals surface area contributed by atoms with E-state index in [2.05, 4.69) is 10.6 Å². The first kappa shape index (κ1) is 12.9. The van der Waals surface area contributed by atoms with Gasteiger partial charge in [-0.15, -0.1) is 0 Å². The SMILES string of the molecule is CC(=O)Nc1cccc(NC(=O)c2ccco2)c1C. The molecule has 2 N–H and O–H groups in total. The average Bonchev–Trinajstić information content (AvgIpc) is 2.87. The lowest BCUT2D eigenvalue weighted by Gasteiger charge is -2.11. The summed E-state index contributed by atoms with van der Waals surface area (Å²) in [6.07, 6.45) is 1.44. The molecule has 5 nitrogen and oxygen atoms in total. The van der Waals surface area contributed by atoms with Gasteiger partial charge in [-0.2, -0.15) is 0 Å². The Labute approximate surface area is 110 Å². The Balaban J connectivity index is 2.21. The first-order valence-corrected chi connectivity index (χ1v) is 5.80. The zero-order valence-electron chi connectivity index (χ0n) is 10.7. The highest BCUT2D eigenvalue weighted by Crippen LogP contribution is 2.23. The molecule has 2 rings (SSSR count). The van der Waals surface area contributed by atoms with E-state index >= 15 is 0 Å². The first-order chi connectivity index (χ1) is 9.08. The van der Waals surface area contributed by atoms with E-state index in [1.54, 1.807) is 30.3 Å². The standard InChI is InChI=1S/C14H14N2O3/c1-9-11(15-10(2)17)5-3-6-12(9)16-14(18)13-7-4-8-19-13/h3-8H,1-2H3,(H,15,17)(H,16,18). The molecule has 19 heavy (non-hydrogen) atoms. The fourth-order valence-electron chi connectivity index (χ4n) is 1.69. The third-order valence-electron chi connectivity index (χ3n) is 2.64. The second kappa shape index (κ2) is 5.39. The molecule has 0 aliphatic carbocycles. The molecule has 0 saturated carbocycles. The van der Waals surface area contributed by atoms with Crippen LogP contribution < -0.4 is 10.6 Å². The van der Waals surface area contributed by atoms with E-state index in [9.17, 15) is 9.59 Å². The Morgan fingerprint density at radius 2 is 1.74 bits per heavy atom. The van der Waals surface area contributed by atoms with Gasteiger partial charge in [0.25, 0.3) is 5.91 Å². The minimum atomic E-state index is -0.326. The number of benzene rings is 1. The minimum Gasteiger partial charge on any atom is -0.459 e. The molecule has 98 valence electrons. The number of hydrogen-bond donors (Lipinski definition) is 2. The first-order valence-electron chi connectivity index (χ1n) is 5.80. The van der Waals surface area contributed by atoms with Gasteiger partial charge in [0, 0.05) is 18.3 Å². The average molecular weight is 258 g/mol. The largest absolute Gasteiger partial charge is 0.459 e. The molecule has 2 aromatic rings. The van der Waals surface area contributed by atoms with Gasteiger partial charge in [-0.3, -0.25) is 9.59 Å². The van der Waals surface area contributed by atoms with Crippen LogP contribution in [0.1, 0.15) is 23.0 Å². The zero-order valence-corrected chi connectivity index (χ0v) is 10.7. The van der Waals surface area contributed by atoms with Crippen molar-refractivity contribution in [3.63, 3.8) is 0 Å². The molecule has 1 aromatic carbocycles. The molecule has 0 unspecified atom stereocenters. The van der Waals surface area contributed by atoms with Crippen molar-refractivity contribution < 1.29 is 14.0 Å². The summed E-state index contributed by atoms with van der Waals surface area (Å²) in [5.74, 6) is -0.241. The Morgan fingerprint density at radius 3 is 2.32 bits per heavy atom. The fraction of sp³-hybridized carbons (Fsp3) is 0.143. The number of carbonyl (C=O) groups excluding carboxylic acids is 2. The van der Waals surface area contributed by atoms with Crippen LogP contribution in [0.2, 0.25) is 0 Å². The van der Waals surface area contributed by atoms with Crippen LogP contribution in [0.3, 0.4) is 0 Å². The summed E-state index contributed by atoms with van der Waals surface area (Å²) in [5.41, 5.74) is 2.09. The van der Waals surface area contributed by atoms with Gasteiger partial charge >= 0.3 is 0 Å². The molecule has 0 aliphatic heterocycles. The summed E-state index contributed by atoms with van der Waals surface area (Å²) >= 11 is 0. The smallest absolute Gasteiger partial charge is 0.291 e. The fourth-order valence-corrected chi connectivity index (χ4v) is 1.69. The van der Waals surface area contributed by atoms with Crippen LogP contribution >= 0.6 is 0 Å². The van der Waals surface area contributed by atoms with E-state index < -0.39 is 0 Å². The summed E-state index contributed by atoms with van der Waals surface area (Å²) < 4.78 is 5.02. The van der Waals surface area contributed by atoms with Crippen LogP contribution in [0, 0.1) is 6.92 Å². The predicted molar refractivity (Wildman–Crippen MR) is 72.1 cm³/mol. The van der Waals surface area contributed by atoms with E-state index in [-0.39, 0.29) is 17.6 Å². The molecule has 5 heteroatoms. The molecule has 0 bridgehead atoms. The number of anilines is 2. The maximum Gasteiger partial charge on any atom is 0.291 e. The van der Waals surface area contributed by atoms with Crippen LogP contribution in [0.5, 0.6) is 0 Å². The summed E-state index contributed by atoms with van der Waals surface area (Å²) in [6.45, 7) is 3.26. The number of nitrogens with one attached hydrogen (secondary N) is 2. The van der Waals surface area contributed by atoms with E-state index in [1.165, 1.54) is 13.2 Å². The van der Waals surface area contributed by atoms with Crippen molar-refractivity contribution in [1.82, 2.24) is 0 Å². The molecule has 1 heterocycles. The topological polar surface area (TPSA) is 71.3 Å². The molecule has 1 aromatic heterocycles. The van der Waals surface area contributed by atoms with Crippen molar-refractivity contribution in [1.29, 1.82) is 0 Å². The maximum absolute atomic E-state index is 11.9. The highest BCUT2D eigenvalue weighted by molar-refractivity contribution is 6.03. The van der Waals surface area contributed by atoms with Crippen molar-refractivity contribution in [2.75, 3.05) is 10.6 Å². The van der Waals surface area contributed by atoms with Gasteiger partial charge in [-0.1, -0.05) is 6.07 Å². The third-order valence-corrected chi connectivity index (χ3v) is 2.64. The van der Waals surface area contributed by atoms with Gasteiger partial charge in [0.1, 0.15) is 0 Å². The van der Waals surface area contributed by atoms with E-state index in [0.29, 0.717) is 11.4 Å². The zero-order chi connectivity index (χ0) is 13.8. The highest BCUT2D eigenvalue weighted by atomic mass is 16.3. The Morgan fingerprint density at radius 1 is 1.05 bits per heavy atom. The van der Waals surface area contributed by atoms with Crippen molar-refractivity contribution >= 4 is 23.2 Å². The van der Waals surface area contributed by atoms with Crippen molar-refractivity contribution in [2.24, 2.45) is 0 Å². The third kappa shape index (κ3) is 3.01. The van der Waals surface area contributed by atoms with Gasteiger partial charge in [0.05, 0.1) is 6.26 Å². The van der Waals surface area contributed by atoms with E-state index in [1.807, 2.05) is 6.92 Å². The number of hydrogen-bond acceptors (Lipinski definition) is 3. The molecule has 0 aliphatic rings. The number of amides is 2. The van der Waals surface area contributed by atoms with Crippen LogP contribution in [-0.2, 0) is 4.79 Å². The van der Waals surface area contributed by atoms with Gasteiger partial charge in [0.15, 0.2) is 5.76 Å². The maximum atomic E-state index is 11.9. The Kier molecular flexibility index (Phi) is 3.66. The molecule has 0 spiro atoms. The number of rotatable bonds is 3. The lowest BCUT2D eigenvalue weighted by atomic mass is 10.1. The van der Waals surface area contributed by atoms with E-state index in [4.69, 9.17) is 4.42 Å². The predicted octanol–water partition coefficient (Wildman–Crippen LogP) is 2.80. The van der Waals surface area contributed by atoms with Crippen molar-refractivity contribution in [3.8, 4) is 0 Å².